The summed E-state index contributed by atoms with van der Waals surface area (Å²) in [5.41, 5.74) is 14.6. The highest BCUT2D eigenvalue weighted by atomic mass is 32.1. The van der Waals surface area contributed by atoms with E-state index in [1.807, 2.05) is 32.9 Å². The molecule has 5 rings (SSSR count). The molecule has 1 amide bonds. The summed E-state index contributed by atoms with van der Waals surface area (Å²) >= 11 is 1.36. The maximum atomic E-state index is 13.5. The molecule has 3 heterocycles. The lowest BCUT2D eigenvalue weighted by atomic mass is 9.72. The number of amides is 1. The van der Waals surface area contributed by atoms with Crippen molar-refractivity contribution in [2.75, 3.05) is 74.9 Å². The second-order valence-electron chi connectivity index (χ2n) is 13.3. The first-order chi connectivity index (χ1) is 21.3. The number of ether oxygens (including phenoxy) is 1. The third kappa shape index (κ3) is 6.97. The maximum Gasteiger partial charge on any atom is 0.410 e. The highest BCUT2D eigenvalue weighted by Crippen LogP contribution is 2.46. The lowest BCUT2D eigenvalue weighted by Gasteiger charge is -2.38. The van der Waals surface area contributed by atoms with Crippen molar-refractivity contribution in [3.63, 3.8) is 0 Å². The number of rotatable bonds is 5. The number of nitrogens with zero attached hydrogens (tertiary/aromatic N) is 6. The Labute approximate surface area is 269 Å². The minimum Gasteiger partial charge on any atom is -0.444 e. The molecule has 0 saturated carbocycles. The second kappa shape index (κ2) is 12.8. The van der Waals surface area contributed by atoms with Crippen LogP contribution in [0.15, 0.2) is 23.4 Å². The van der Waals surface area contributed by atoms with Crippen LogP contribution in [0, 0.1) is 11.3 Å². The maximum absolute atomic E-state index is 13.5. The highest BCUT2D eigenvalue weighted by Gasteiger charge is 2.45. The van der Waals surface area contributed by atoms with Crippen LogP contribution in [0.1, 0.15) is 62.1 Å². The summed E-state index contributed by atoms with van der Waals surface area (Å²) in [6, 6.07) is 8.25. The van der Waals surface area contributed by atoms with Gasteiger partial charge in [-0.25, -0.2) is 9.59 Å². The van der Waals surface area contributed by atoms with E-state index in [-0.39, 0.29) is 11.9 Å². The van der Waals surface area contributed by atoms with E-state index in [9.17, 15) is 14.9 Å². The van der Waals surface area contributed by atoms with Gasteiger partial charge in [-0.1, -0.05) is 5.16 Å². The summed E-state index contributed by atoms with van der Waals surface area (Å²) in [5.74, 6) is -0.479. The van der Waals surface area contributed by atoms with Gasteiger partial charge < -0.3 is 40.6 Å². The van der Waals surface area contributed by atoms with Gasteiger partial charge in [-0.15, -0.1) is 11.3 Å². The third-order valence-corrected chi connectivity index (χ3v) is 9.87. The van der Waals surface area contributed by atoms with Crippen LogP contribution >= 0.6 is 11.3 Å². The number of aryl methyl sites for hydroxylation is 1. The summed E-state index contributed by atoms with van der Waals surface area (Å²) in [6.07, 6.45) is 1.77. The monoisotopic (exact) mass is 636 g/mol. The van der Waals surface area contributed by atoms with E-state index in [4.69, 9.17) is 21.0 Å². The third-order valence-electron chi connectivity index (χ3n) is 8.79. The van der Waals surface area contributed by atoms with Crippen molar-refractivity contribution in [3.8, 4) is 6.07 Å². The summed E-state index contributed by atoms with van der Waals surface area (Å²) in [5, 5.41) is 14.3. The van der Waals surface area contributed by atoms with Gasteiger partial charge in [-0.05, 0) is 72.2 Å². The van der Waals surface area contributed by atoms with Crippen LogP contribution in [0.3, 0.4) is 0 Å². The van der Waals surface area contributed by atoms with Crippen molar-refractivity contribution < 1.29 is 19.2 Å². The van der Waals surface area contributed by atoms with E-state index < -0.39 is 17.0 Å². The second-order valence-corrected chi connectivity index (χ2v) is 14.4. The van der Waals surface area contributed by atoms with Crippen molar-refractivity contribution in [3.05, 3.63) is 39.8 Å². The van der Waals surface area contributed by atoms with Crippen molar-refractivity contribution in [2.24, 2.45) is 10.9 Å². The minimum atomic E-state index is -1.04. The zero-order valence-electron chi connectivity index (χ0n) is 26.9. The molecule has 1 aromatic carbocycles. The van der Waals surface area contributed by atoms with E-state index in [2.05, 4.69) is 39.0 Å². The molecule has 2 saturated heterocycles. The van der Waals surface area contributed by atoms with Crippen molar-refractivity contribution in [1.82, 2.24) is 9.80 Å². The number of oxime groups is 1. The molecule has 45 heavy (non-hydrogen) atoms. The van der Waals surface area contributed by atoms with Crippen LogP contribution in [0.25, 0.3) is 0 Å². The SMILES string of the molecule is CN1CCN(c2cc(/C(N)=N/OC(=O)C3(C)CCCc4sc(N)c(C#N)c43)cc(N3CCN(C(=O)OC(C)(C)C)CC3)c2)CC1. The first kappa shape index (κ1) is 32.4. The average molecular weight is 637 g/mol. The van der Waals surface area contributed by atoms with Gasteiger partial charge in [-0.3, -0.25) is 0 Å². The Hall–Kier alpha value is -4.02. The molecule has 13 heteroatoms. The molecule has 3 aliphatic rings. The first-order valence-corrected chi connectivity index (χ1v) is 16.3. The summed E-state index contributed by atoms with van der Waals surface area (Å²) in [7, 11) is 2.11. The fraction of sp³-hybridized carbons (Fsp3) is 0.562. The molecule has 242 valence electrons. The normalized spacial score (nSPS) is 21.2. The molecule has 0 bridgehead atoms. The van der Waals surface area contributed by atoms with Crippen molar-refractivity contribution >= 4 is 45.6 Å². The first-order valence-electron chi connectivity index (χ1n) is 15.5. The van der Waals surface area contributed by atoms with Crippen LogP contribution in [0.4, 0.5) is 21.2 Å². The standard InChI is InChI=1S/C32H44N8O4S/c1-31(2,3)43-30(42)40-15-13-39(14-16-40)23-18-21(17-22(19-23)38-11-9-37(5)10-12-38)27(34)36-44-29(41)32(4)8-6-7-25-26(32)24(20-33)28(35)45-25/h17-19H,6-16,35H2,1-5H3,(H2,34,36). The number of carbonyl (C=O) groups is 2. The molecule has 4 N–H and O–H groups in total. The molecule has 1 aromatic heterocycles. The number of piperazine rings is 2. The molecule has 2 aromatic rings. The molecule has 12 nitrogen and oxygen atoms in total. The van der Waals surface area contributed by atoms with E-state index in [1.165, 1.54) is 11.3 Å². The zero-order chi connectivity index (χ0) is 32.5. The van der Waals surface area contributed by atoms with Gasteiger partial charge in [0.1, 0.15) is 16.7 Å². The molecule has 0 spiro atoms. The number of hydrogen-bond acceptors (Lipinski definition) is 11. The minimum absolute atomic E-state index is 0.0814. The summed E-state index contributed by atoms with van der Waals surface area (Å²) in [4.78, 5) is 41.2. The van der Waals surface area contributed by atoms with E-state index in [1.54, 1.807) is 11.8 Å². The molecular formula is C32H44N8O4S. The van der Waals surface area contributed by atoms with Gasteiger partial charge in [0.15, 0.2) is 5.84 Å². The van der Waals surface area contributed by atoms with Crippen LogP contribution in [0.2, 0.25) is 0 Å². The topological polar surface area (TPSA) is 154 Å². The Balaban J connectivity index is 1.38. The molecule has 1 unspecified atom stereocenters. The Kier molecular flexibility index (Phi) is 9.19. The van der Waals surface area contributed by atoms with Crippen LogP contribution < -0.4 is 21.3 Å². The van der Waals surface area contributed by atoms with Gasteiger partial charge in [-0.2, -0.15) is 5.26 Å². The number of thiophene rings is 1. The number of fused-ring (bicyclic) bond motifs is 1. The number of likely N-dealkylation sites (N-methyl/N-ethyl adjacent to an activating group) is 1. The van der Waals surface area contributed by atoms with Gasteiger partial charge in [0.05, 0.1) is 11.0 Å². The molecule has 1 atom stereocenters. The number of benzene rings is 1. The van der Waals surface area contributed by atoms with E-state index in [0.29, 0.717) is 54.3 Å². The highest BCUT2D eigenvalue weighted by molar-refractivity contribution is 7.16. The number of anilines is 3. The fourth-order valence-electron chi connectivity index (χ4n) is 6.19. The molecule has 2 aliphatic heterocycles. The van der Waals surface area contributed by atoms with Gasteiger partial charge >= 0.3 is 12.1 Å². The zero-order valence-corrected chi connectivity index (χ0v) is 27.7. The van der Waals surface area contributed by atoms with Gasteiger partial charge in [0.2, 0.25) is 0 Å². The van der Waals surface area contributed by atoms with Gasteiger partial charge in [0.25, 0.3) is 0 Å². The fourth-order valence-corrected chi connectivity index (χ4v) is 7.38. The summed E-state index contributed by atoms with van der Waals surface area (Å²) in [6.45, 7) is 13.3. The molecule has 2 fully saturated rings. The lowest BCUT2D eigenvalue weighted by Crippen LogP contribution is -2.50. The average Bonchev–Trinajstić information content (AvgIpc) is 3.35. The quantitative estimate of drug-likeness (QED) is 0.216. The lowest BCUT2D eigenvalue weighted by molar-refractivity contribution is -0.150. The number of carbonyl (C=O) groups excluding carboxylic acids is 2. The van der Waals surface area contributed by atoms with Crippen LogP contribution in [-0.4, -0.2) is 92.7 Å². The Morgan fingerprint density at radius 2 is 1.62 bits per heavy atom. The Morgan fingerprint density at radius 1 is 1.02 bits per heavy atom. The number of amidine groups is 1. The predicted molar refractivity (Wildman–Crippen MR) is 177 cm³/mol. The Morgan fingerprint density at radius 3 is 2.20 bits per heavy atom. The van der Waals surface area contributed by atoms with Crippen molar-refractivity contribution in [1.29, 1.82) is 5.26 Å². The smallest absolute Gasteiger partial charge is 0.410 e. The predicted octanol–water partition coefficient (Wildman–Crippen LogP) is 3.47. The van der Waals surface area contributed by atoms with Crippen molar-refractivity contribution in [2.45, 2.75) is 58.0 Å². The molecule has 1 aliphatic carbocycles. The van der Waals surface area contributed by atoms with E-state index >= 15 is 0 Å². The number of nitrogens with two attached hydrogens (primary N) is 2. The van der Waals surface area contributed by atoms with E-state index in [0.717, 1.165) is 55.3 Å². The Bertz CT molecular complexity index is 1510. The largest absolute Gasteiger partial charge is 0.444 e. The molecule has 0 radical (unpaired) electrons. The number of nitrogen functional groups attached to an aromatic ring is 1. The number of hydrogen-bond donors (Lipinski definition) is 2. The van der Waals surface area contributed by atoms with Gasteiger partial charge in [0, 0.05) is 79.7 Å². The molecular weight excluding hydrogens is 592 g/mol. The summed E-state index contributed by atoms with van der Waals surface area (Å²) < 4.78 is 5.57. The number of nitriles is 1. The van der Waals surface area contributed by atoms with Crippen LogP contribution in [0.5, 0.6) is 0 Å². The van der Waals surface area contributed by atoms with Crippen LogP contribution in [-0.2, 0) is 26.2 Å².